The van der Waals surface area contributed by atoms with Gasteiger partial charge >= 0.3 is 0 Å². The lowest BCUT2D eigenvalue weighted by molar-refractivity contribution is 0.602. The fraction of sp³-hybridized carbons (Fsp3) is 0.286. The number of nitrogens with one attached hydrogen (secondary N) is 1. The Morgan fingerprint density at radius 1 is 1.47 bits per heavy atom. The van der Waals surface area contributed by atoms with Crippen molar-refractivity contribution in [2.75, 3.05) is 5.32 Å². The highest BCUT2D eigenvalue weighted by Crippen LogP contribution is 2.20. The van der Waals surface area contributed by atoms with E-state index in [4.69, 9.17) is 16.9 Å². The molecule has 2 aromatic rings. The molecule has 0 aliphatic heterocycles. The van der Waals surface area contributed by atoms with Gasteiger partial charge in [0.05, 0.1) is 16.8 Å². The fourth-order valence-corrected chi connectivity index (χ4v) is 1.93. The molecule has 0 saturated heterocycles. The number of nitrogens with zero attached hydrogens (tertiary/aromatic N) is 3. The van der Waals surface area contributed by atoms with Gasteiger partial charge in [0.2, 0.25) is 0 Å². The molecule has 0 spiro atoms. The number of rotatable bonds is 5. The second kappa shape index (κ2) is 6.26. The molecule has 0 amide bonds. The highest BCUT2D eigenvalue weighted by atomic mass is 35.5. The van der Waals surface area contributed by atoms with Crippen molar-refractivity contribution < 1.29 is 0 Å². The minimum atomic E-state index is 0.476. The van der Waals surface area contributed by atoms with Gasteiger partial charge in [-0.15, -0.1) is 0 Å². The first kappa shape index (κ1) is 13.4. The van der Waals surface area contributed by atoms with E-state index < -0.39 is 0 Å². The quantitative estimate of drug-likeness (QED) is 0.909. The molecule has 0 bridgehead atoms. The highest BCUT2D eigenvalue weighted by Gasteiger charge is 2.02. The van der Waals surface area contributed by atoms with Crippen molar-refractivity contribution in [2.45, 2.75) is 26.4 Å². The molecular weight excluding hydrogens is 260 g/mol. The first-order chi connectivity index (χ1) is 9.22. The van der Waals surface area contributed by atoms with Gasteiger partial charge in [0.25, 0.3) is 0 Å². The van der Waals surface area contributed by atoms with E-state index in [-0.39, 0.29) is 0 Å². The Bertz CT molecular complexity index is 598. The van der Waals surface area contributed by atoms with E-state index in [1.165, 1.54) is 0 Å². The van der Waals surface area contributed by atoms with Gasteiger partial charge in [0.1, 0.15) is 6.07 Å². The number of aromatic nitrogens is 2. The van der Waals surface area contributed by atoms with Crippen molar-refractivity contribution in [2.24, 2.45) is 0 Å². The Morgan fingerprint density at radius 3 is 3.05 bits per heavy atom. The van der Waals surface area contributed by atoms with Crippen LogP contribution < -0.4 is 5.32 Å². The third kappa shape index (κ3) is 3.49. The molecule has 98 valence electrons. The molecular formula is C14H15ClN4. The number of benzene rings is 1. The molecule has 19 heavy (non-hydrogen) atoms. The molecule has 0 aliphatic rings. The Labute approximate surface area is 117 Å². The number of hydrogen-bond donors (Lipinski definition) is 1. The van der Waals surface area contributed by atoms with Gasteiger partial charge in [-0.1, -0.05) is 18.5 Å². The number of halogens is 1. The van der Waals surface area contributed by atoms with Crippen molar-refractivity contribution in [3.8, 4) is 6.07 Å². The molecule has 0 radical (unpaired) electrons. The summed E-state index contributed by atoms with van der Waals surface area (Å²) in [6.45, 7) is 3.73. The Morgan fingerprint density at radius 2 is 2.32 bits per heavy atom. The third-order valence-electron chi connectivity index (χ3n) is 2.72. The molecule has 0 saturated carbocycles. The maximum absolute atomic E-state index is 8.91. The van der Waals surface area contributed by atoms with Crippen LogP contribution in [0.2, 0.25) is 5.02 Å². The Balaban J connectivity index is 2.00. The zero-order chi connectivity index (χ0) is 13.7. The monoisotopic (exact) mass is 274 g/mol. The molecule has 1 heterocycles. The molecule has 0 unspecified atom stereocenters. The lowest BCUT2D eigenvalue weighted by Crippen LogP contribution is -1.99. The van der Waals surface area contributed by atoms with Crippen LogP contribution in [0.1, 0.15) is 24.5 Å². The summed E-state index contributed by atoms with van der Waals surface area (Å²) in [6.07, 6.45) is 4.94. The van der Waals surface area contributed by atoms with Gasteiger partial charge in [-0.05, 0) is 24.6 Å². The zero-order valence-electron chi connectivity index (χ0n) is 10.7. The maximum atomic E-state index is 8.91. The van der Waals surface area contributed by atoms with Gasteiger partial charge in [-0.2, -0.15) is 10.4 Å². The lowest BCUT2D eigenvalue weighted by atomic mass is 10.2. The summed E-state index contributed by atoms with van der Waals surface area (Å²) in [5.41, 5.74) is 2.47. The zero-order valence-corrected chi connectivity index (χ0v) is 11.5. The molecule has 5 heteroatoms. The molecule has 2 rings (SSSR count). The van der Waals surface area contributed by atoms with E-state index in [0.29, 0.717) is 17.1 Å². The second-order valence-corrected chi connectivity index (χ2v) is 4.68. The third-order valence-corrected chi connectivity index (χ3v) is 3.05. The molecule has 0 aliphatic carbocycles. The van der Waals surface area contributed by atoms with Crippen LogP contribution in [0.15, 0.2) is 30.6 Å². The normalized spacial score (nSPS) is 10.2. The minimum absolute atomic E-state index is 0.476. The van der Waals surface area contributed by atoms with E-state index >= 15 is 0 Å². The second-order valence-electron chi connectivity index (χ2n) is 4.27. The number of nitriles is 1. The topological polar surface area (TPSA) is 53.6 Å². The van der Waals surface area contributed by atoms with Crippen LogP contribution in [0.3, 0.4) is 0 Å². The van der Waals surface area contributed by atoms with Gasteiger partial charge in [0.15, 0.2) is 0 Å². The van der Waals surface area contributed by atoms with Crippen molar-refractivity contribution >= 4 is 17.3 Å². The van der Waals surface area contributed by atoms with E-state index in [1.54, 1.807) is 12.1 Å². The SMILES string of the molecule is CCCn1cc(CNc2ccc(Cl)c(C#N)c2)cn1. The molecule has 0 fully saturated rings. The first-order valence-corrected chi connectivity index (χ1v) is 6.55. The smallest absolute Gasteiger partial charge is 0.101 e. The highest BCUT2D eigenvalue weighted by molar-refractivity contribution is 6.31. The largest absolute Gasteiger partial charge is 0.381 e. The van der Waals surface area contributed by atoms with Crippen LogP contribution in [0, 0.1) is 11.3 Å². The summed E-state index contributed by atoms with van der Waals surface area (Å²) < 4.78 is 1.93. The summed E-state index contributed by atoms with van der Waals surface area (Å²) in [5, 5.41) is 16.9. The Kier molecular flexibility index (Phi) is 4.43. The van der Waals surface area contributed by atoms with E-state index in [0.717, 1.165) is 24.2 Å². The van der Waals surface area contributed by atoms with Crippen molar-refractivity contribution in [1.82, 2.24) is 9.78 Å². The number of hydrogen-bond acceptors (Lipinski definition) is 3. The average molecular weight is 275 g/mol. The standard InChI is InChI=1S/C14H15ClN4/c1-2-5-19-10-11(9-18-19)8-17-13-3-4-14(15)12(6-13)7-16/h3-4,6,9-10,17H,2,5,8H2,1H3. The summed E-state index contributed by atoms with van der Waals surface area (Å²) in [4.78, 5) is 0. The molecule has 0 atom stereocenters. The summed E-state index contributed by atoms with van der Waals surface area (Å²) in [5.74, 6) is 0. The van der Waals surface area contributed by atoms with Crippen LogP contribution >= 0.6 is 11.6 Å². The lowest BCUT2D eigenvalue weighted by Gasteiger charge is -2.05. The minimum Gasteiger partial charge on any atom is -0.381 e. The van der Waals surface area contributed by atoms with E-state index in [9.17, 15) is 0 Å². The van der Waals surface area contributed by atoms with Crippen molar-refractivity contribution in [1.29, 1.82) is 5.26 Å². The fourth-order valence-electron chi connectivity index (χ4n) is 1.77. The van der Waals surface area contributed by atoms with Crippen LogP contribution in [0.4, 0.5) is 5.69 Å². The van der Waals surface area contributed by atoms with Crippen LogP contribution in [-0.2, 0) is 13.1 Å². The van der Waals surface area contributed by atoms with Gasteiger partial charge in [-0.3, -0.25) is 4.68 Å². The molecule has 1 aromatic heterocycles. The van der Waals surface area contributed by atoms with Crippen molar-refractivity contribution in [3.05, 3.63) is 46.7 Å². The summed E-state index contributed by atoms with van der Waals surface area (Å²) in [7, 11) is 0. The molecule has 1 N–H and O–H groups in total. The Hall–Kier alpha value is -1.99. The van der Waals surface area contributed by atoms with E-state index in [2.05, 4.69) is 23.4 Å². The van der Waals surface area contributed by atoms with Crippen molar-refractivity contribution in [3.63, 3.8) is 0 Å². The van der Waals surface area contributed by atoms with Crippen LogP contribution in [-0.4, -0.2) is 9.78 Å². The molecule has 1 aromatic carbocycles. The van der Waals surface area contributed by atoms with Gasteiger partial charge in [0, 0.05) is 30.5 Å². The number of aryl methyl sites for hydroxylation is 1. The molecule has 4 nitrogen and oxygen atoms in total. The van der Waals surface area contributed by atoms with Crippen LogP contribution in [0.5, 0.6) is 0 Å². The van der Waals surface area contributed by atoms with Crippen LogP contribution in [0.25, 0.3) is 0 Å². The predicted molar refractivity (Wildman–Crippen MR) is 76.0 cm³/mol. The summed E-state index contributed by atoms with van der Waals surface area (Å²) >= 11 is 5.89. The number of anilines is 1. The summed E-state index contributed by atoms with van der Waals surface area (Å²) in [6, 6.07) is 7.40. The van der Waals surface area contributed by atoms with Gasteiger partial charge in [-0.25, -0.2) is 0 Å². The predicted octanol–water partition coefficient (Wildman–Crippen LogP) is 3.43. The van der Waals surface area contributed by atoms with E-state index in [1.807, 2.05) is 23.1 Å². The maximum Gasteiger partial charge on any atom is 0.101 e. The van der Waals surface area contributed by atoms with Gasteiger partial charge < -0.3 is 5.32 Å². The first-order valence-electron chi connectivity index (χ1n) is 6.17. The average Bonchev–Trinajstić information content (AvgIpc) is 2.86.